The summed E-state index contributed by atoms with van der Waals surface area (Å²) in [5.41, 5.74) is 1.05. The summed E-state index contributed by atoms with van der Waals surface area (Å²) < 4.78 is 0. The van der Waals surface area contributed by atoms with Crippen LogP contribution in [0.2, 0.25) is 5.02 Å². The maximum absolute atomic E-state index is 11.6. The standard InChI is InChI=1S/C12H11ClN2OS2/c13-10-4-2-1-3-9(10)7-17-8-11(16)15-12-14-5-6-18-12/h1-6H,7-8H2,(H,14,15,16). The molecule has 2 rings (SSSR count). The van der Waals surface area contributed by atoms with Crippen LogP contribution in [0.4, 0.5) is 5.13 Å². The first-order chi connectivity index (χ1) is 8.75. The van der Waals surface area contributed by atoms with Gasteiger partial charge in [-0.15, -0.1) is 23.1 Å². The van der Waals surface area contributed by atoms with Crippen molar-refractivity contribution in [3.8, 4) is 0 Å². The van der Waals surface area contributed by atoms with Gasteiger partial charge in [0.25, 0.3) is 0 Å². The third-order valence-corrected chi connectivity index (χ3v) is 4.17. The van der Waals surface area contributed by atoms with Gasteiger partial charge in [-0.2, -0.15) is 0 Å². The lowest BCUT2D eigenvalue weighted by Crippen LogP contribution is -2.13. The Morgan fingerprint density at radius 1 is 1.44 bits per heavy atom. The average Bonchev–Trinajstić information content (AvgIpc) is 2.84. The molecular weight excluding hydrogens is 288 g/mol. The molecule has 0 radical (unpaired) electrons. The molecule has 18 heavy (non-hydrogen) atoms. The van der Waals surface area contributed by atoms with Crippen LogP contribution in [0.15, 0.2) is 35.8 Å². The van der Waals surface area contributed by atoms with Crippen LogP contribution in [0.1, 0.15) is 5.56 Å². The lowest BCUT2D eigenvalue weighted by molar-refractivity contribution is -0.113. The third-order valence-electron chi connectivity index (χ3n) is 2.13. The SMILES string of the molecule is O=C(CSCc1ccccc1Cl)Nc1nccs1. The molecule has 3 nitrogen and oxygen atoms in total. The fraction of sp³-hybridized carbons (Fsp3) is 0.167. The maximum atomic E-state index is 11.6. The molecule has 1 heterocycles. The highest BCUT2D eigenvalue weighted by atomic mass is 35.5. The third kappa shape index (κ3) is 4.01. The minimum Gasteiger partial charge on any atom is -0.301 e. The number of halogens is 1. The summed E-state index contributed by atoms with van der Waals surface area (Å²) in [5.74, 6) is 1.08. The van der Waals surface area contributed by atoms with E-state index < -0.39 is 0 Å². The van der Waals surface area contributed by atoms with Gasteiger partial charge in [0, 0.05) is 22.4 Å². The lowest BCUT2D eigenvalue weighted by atomic mass is 10.2. The van der Waals surface area contributed by atoms with Crippen molar-refractivity contribution in [1.29, 1.82) is 0 Å². The van der Waals surface area contributed by atoms with Gasteiger partial charge in [0.15, 0.2) is 5.13 Å². The molecule has 6 heteroatoms. The van der Waals surface area contributed by atoms with E-state index in [1.807, 2.05) is 29.6 Å². The van der Waals surface area contributed by atoms with Gasteiger partial charge < -0.3 is 5.32 Å². The Morgan fingerprint density at radius 3 is 3.00 bits per heavy atom. The van der Waals surface area contributed by atoms with Crippen LogP contribution >= 0.6 is 34.7 Å². The van der Waals surface area contributed by atoms with Crippen molar-refractivity contribution < 1.29 is 4.79 Å². The van der Waals surface area contributed by atoms with Crippen molar-refractivity contribution >= 4 is 45.7 Å². The number of amides is 1. The molecule has 1 aromatic carbocycles. The molecule has 2 aromatic rings. The van der Waals surface area contributed by atoms with Crippen LogP contribution in [0.5, 0.6) is 0 Å². The summed E-state index contributed by atoms with van der Waals surface area (Å²) >= 11 is 8.97. The number of hydrogen-bond acceptors (Lipinski definition) is 4. The van der Waals surface area contributed by atoms with Crippen LogP contribution in [0, 0.1) is 0 Å². The number of hydrogen-bond donors (Lipinski definition) is 1. The fourth-order valence-corrected chi connectivity index (χ4v) is 2.97. The van der Waals surface area contributed by atoms with Gasteiger partial charge in [0.2, 0.25) is 5.91 Å². The van der Waals surface area contributed by atoms with Gasteiger partial charge in [-0.1, -0.05) is 29.8 Å². The Kier molecular flexibility index (Phi) is 5.04. The Bertz CT molecular complexity index is 517. The number of nitrogens with zero attached hydrogens (tertiary/aromatic N) is 1. The predicted molar refractivity (Wildman–Crippen MR) is 78.4 cm³/mol. The average molecular weight is 299 g/mol. The Hall–Kier alpha value is -1.04. The molecule has 0 bridgehead atoms. The van der Waals surface area contributed by atoms with E-state index in [-0.39, 0.29) is 5.91 Å². The number of benzene rings is 1. The van der Waals surface area contributed by atoms with E-state index in [0.717, 1.165) is 16.3 Å². The highest BCUT2D eigenvalue weighted by Gasteiger charge is 2.05. The van der Waals surface area contributed by atoms with Crippen LogP contribution < -0.4 is 5.32 Å². The fourth-order valence-electron chi connectivity index (χ4n) is 1.31. The van der Waals surface area contributed by atoms with E-state index in [1.54, 1.807) is 6.20 Å². The van der Waals surface area contributed by atoms with E-state index in [0.29, 0.717) is 10.9 Å². The highest BCUT2D eigenvalue weighted by molar-refractivity contribution is 7.99. The van der Waals surface area contributed by atoms with Gasteiger partial charge >= 0.3 is 0 Å². The summed E-state index contributed by atoms with van der Waals surface area (Å²) in [6, 6.07) is 7.66. The Labute approximate surface area is 119 Å². The van der Waals surface area contributed by atoms with Crippen molar-refractivity contribution in [2.24, 2.45) is 0 Å². The minimum absolute atomic E-state index is 0.0398. The minimum atomic E-state index is -0.0398. The zero-order chi connectivity index (χ0) is 12.8. The molecule has 0 atom stereocenters. The monoisotopic (exact) mass is 298 g/mol. The van der Waals surface area contributed by atoms with Gasteiger partial charge in [-0.3, -0.25) is 4.79 Å². The summed E-state index contributed by atoms with van der Waals surface area (Å²) in [7, 11) is 0. The molecule has 94 valence electrons. The molecule has 0 aliphatic rings. The molecule has 0 spiro atoms. The van der Waals surface area contributed by atoms with Crippen LogP contribution in [0.3, 0.4) is 0 Å². The maximum Gasteiger partial charge on any atom is 0.236 e. The van der Waals surface area contributed by atoms with Crippen molar-refractivity contribution in [3.63, 3.8) is 0 Å². The van der Waals surface area contributed by atoms with E-state index >= 15 is 0 Å². The largest absolute Gasteiger partial charge is 0.301 e. The van der Waals surface area contributed by atoms with Crippen LogP contribution in [0.25, 0.3) is 0 Å². The van der Waals surface area contributed by atoms with E-state index in [1.165, 1.54) is 23.1 Å². The van der Waals surface area contributed by atoms with Crippen molar-refractivity contribution in [1.82, 2.24) is 4.98 Å². The molecule has 1 amide bonds. The quantitative estimate of drug-likeness (QED) is 0.916. The summed E-state index contributed by atoms with van der Waals surface area (Å²) in [6.07, 6.45) is 1.66. The molecule has 0 unspecified atom stereocenters. The van der Waals surface area contributed by atoms with E-state index in [2.05, 4.69) is 10.3 Å². The molecule has 1 aromatic heterocycles. The summed E-state index contributed by atoms with van der Waals surface area (Å²) in [5, 5.41) is 5.94. The van der Waals surface area contributed by atoms with Gasteiger partial charge in [0.05, 0.1) is 5.75 Å². The Balaban J connectivity index is 1.75. The predicted octanol–water partition coefficient (Wildman–Crippen LogP) is 3.67. The van der Waals surface area contributed by atoms with Gasteiger partial charge in [-0.05, 0) is 11.6 Å². The molecule has 0 saturated carbocycles. The van der Waals surface area contributed by atoms with Crippen LogP contribution in [-0.4, -0.2) is 16.6 Å². The Morgan fingerprint density at radius 2 is 2.28 bits per heavy atom. The molecule has 0 saturated heterocycles. The van der Waals surface area contributed by atoms with Crippen molar-refractivity contribution in [3.05, 3.63) is 46.4 Å². The molecule has 0 fully saturated rings. The van der Waals surface area contributed by atoms with E-state index in [4.69, 9.17) is 11.6 Å². The zero-order valence-electron chi connectivity index (χ0n) is 9.43. The number of nitrogens with one attached hydrogen (secondary N) is 1. The molecular formula is C12H11ClN2OS2. The second kappa shape index (κ2) is 6.78. The van der Waals surface area contributed by atoms with Gasteiger partial charge in [-0.25, -0.2) is 4.98 Å². The lowest BCUT2D eigenvalue weighted by Gasteiger charge is -2.04. The second-order valence-electron chi connectivity index (χ2n) is 3.47. The smallest absolute Gasteiger partial charge is 0.236 e. The number of carbonyl (C=O) groups excluding carboxylic acids is 1. The first kappa shape index (κ1) is 13.4. The van der Waals surface area contributed by atoms with Crippen LogP contribution in [-0.2, 0) is 10.5 Å². The number of aromatic nitrogens is 1. The summed E-state index contributed by atoms with van der Waals surface area (Å²) in [4.78, 5) is 15.6. The highest BCUT2D eigenvalue weighted by Crippen LogP contribution is 2.21. The number of anilines is 1. The topological polar surface area (TPSA) is 42.0 Å². The zero-order valence-corrected chi connectivity index (χ0v) is 11.8. The molecule has 0 aliphatic carbocycles. The number of carbonyl (C=O) groups is 1. The number of thiazole rings is 1. The van der Waals surface area contributed by atoms with Crippen molar-refractivity contribution in [2.75, 3.05) is 11.1 Å². The first-order valence-electron chi connectivity index (χ1n) is 5.26. The first-order valence-corrected chi connectivity index (χ1v) is 7.67. The molecule has 0 aliphatic heterocycles. The van der Waals surface area contributed by atoms with Gasteiger partial charge in [0.1, 0.15) is 0 Å². The summed E-state index contributed by atoms with van der Waals surface area (Å²) in [6.45, 7) is 0. The normalized spacial score (nSPS) is 10.3. The number of thioether (sulfide) groups is 1. The van der Waals surface area contributed by atoms with E-state index in [9.17, 15) is 4.79 Å². The van der Waals surface area contributed by atoms with Crippen molar-refractivity contribution in [2.45, 2.75) is 5.75 Å². The molecule has 1 N–H and O–H groups in total. The second-order valence-corrected chi connectivity index (χ2v) is 5.76. The number of rotatable bonds is 5.